The van der Waals surface area contributed by atoms with Crippen LogP contribution in [0.3, 0.4) is 0 Å². The molecule has 0 aromatic carbocycles. The molecular weight excluding hydrogens is 272 g/mol. The molecular formula is C15H22N2O4. The molecule has 1 saturated heterocycles. The van der Waals surface area contributed by atoms with E-state index < -0.39 is 11.9 Å². The summed E-state index contributed by atoms with van der Waals surface area (Å²) in [4.78, 5) is 17.7. The second kappa shape index (κ2) is 7.38. The highest BCUT2D eigenvalue weighted by molar-refractivity contribution is 5.71. The Morgan fingerprint density at radius 1 is 1.52 bits per heavy atom. The van der Waals surface area contributed by atoms with Crippen LogP contribution in [0.2, 0.25) is 0 Å². The fraction of sp³-hybridized carbons (Fsp3) is 0.600. The molecule has 6 heteroatoms. The van der Waals surface area contributed by atoms with Crippen LogP contribution in [0.15, 0.2) is 18.3 Å². The number of methoxy groups -OCH3 is 1. The maximum atomic E-state index is 11.3. The van der Waals surface area contributed by atoms with Crippen LogP contribution in [0.4, 0.5) is 0 Å². The molecule has 1 fully saturated rings. The number of aromatic nitrogens is 1. The van der Waals surface area contributed by atoms with Crippen molar-refractivity contribution < 1.29 is 19.4 Å². The number of carbonyl (C=O) groups is 1. The summed E-state index contributed by atoms with van der Waals surface area (Å²) in [6.07, 6.45) is 2.74. The zero-order valence-electron chi connectivity index (χ0n) is 12.5. The summed E-state index contributed by atoms with van der Waals surface area (Å²) in [5.41, 5.74) is 1.04. The average Bonchev–Trinajstić information content (AvgIpc) is 2.97. The van der Waals surface area contributed by atoms with Crippen LogP contribution in [-0.4, -0.2) is 53.9 Å². The normalized spacial score (nSPS) is 21.7. The topological polar surface area (TPSA) is 71.9 Å². The van der Waals surface area contributed by atoms with Gasteiger partial charge in [-0.3, -0.25) is 9.69 Å². The van der Waals surface area contributed by atoms with Crippen LogP contribution in [-0.2, 0) is 16.1 Å². The van der Waals surface area contributed by atoms with Crippen LogP contribution < -0.4 is 4.74 Å². The lowest BCUT2D eigenvalue weighted by Crippen LogP contribution is -2.43. The van der Waals surface area contributed by atoms with Crippen molar-refractivity contribution in [3.8, 4) is 5.88 Å². The van der Waals surface area contributed by atoms with Crippen molar-refractivity contribution in [2.75, 3.05) is 26.9 Å². The standard InChI is InChI=1S/C15H22N2O4/c1-3-6-17(13-10-21-9-12(13)15(18)19)8-11-4-5-14(20-2)16-7-11/h4-5,7,12-13H,3,6,8-10H2,1-2H3,(H,18,19). The largest absolute Gasteiger partial charge is 0.481 e. The van der Waals surface area contributed by atoms with Crippen LogP contribution in [0.25, 0.3) is 0 Å². The number of rotatable bonds is 7. The van der Waals surface area contributed by atoms with Crippen molar-refractivity contribution in [3.63, 3.8) is 0 Å². The zero-order chi connectivity index (χ0) is 15.2. The molecule has 0 radical (unpaired) electrons. The second-order valence-corrected chi connectivity index (χ2v) is 5.23. The highest BCUT2D eigenvalue weighted by Gasteiger charge is 2.37. The Kier molecular flexibility index (Phi) is 5.52. The van der Waals surface area contributed by atoms with Crippen molar-refractivity contribution in [1.82, 2.24) is 9.88 Å². The first kappa shape index (κ1) is 15.7. The van der Waals surface area contributed by atoms with Gasteiger partial charge < -0.3 is 14.6 Å². The Labute approximate surface area is 124 Å². The van der Waals surface area contributed by atoms with Gasteiger partial charge >= 0.3 is 5.97 Å². The summed E-state index contributed by atoms with van der Waals surface area (Å²) in [5.74, 6) is -0.664. The van der Waals surface area contributed by atoms with Crippen molar-refractivity contribution in [2.45, 2.75) is 25.9 Å². The monoisotopic (exact) mass is 294 g/mol. The average molecular weight is 294 g/mol. The first-order valence-corrected chi connectivity index (χ1v) is 7.19. The summed E-state index contributed by atoms with van der Waals surface area (Å²) >= 11 is 0. The summed E-state index contributed by atoms with van der Waals surface area (Å²) in [7, 11) is 1.58. The number of carboxylic acids is 1. The Morgan fingerprint density at radius 2 is 2.33 bits per heavy atom. The third kappa shape index (κ3) is 3.92. The fourth-order valence-electron chi connectivity index (χ4n) is 2.65. The zero-order valence-corrected chi connectivity index (χ0v) is 12.5. The Morgan fingerprint density at radius 3 is 2.90 bits per heavy atom. The summed E-state index contributed by atoms with van der Waals surface area (Å²) < 4.78 is 10.4. The molecule has 1 N–H and O–H groups in total. The lowest BCUT2D eigenvalue weighted by molar-refractivity contribution is -0.143. The van der Waals surface area contributed by atoms with Crippen LogP contribution >= 0.6 is 0 Å². The molecule has 0 spiro atoms. The number of nitrogens with zero attached hydrogens (tertiary/aromatic N) is 2. The van der Waals surface area contributed by atoms with Crippen molar-refractivity contribution in [1.29, 1.82) is 0 Å². The van der Waals surface area contributed by atoms with Gasteiger partial charge in [0.1, 0.15) is 0 Å². The van der Waals surface area contributed by atoms with E-state index >= 15 is 0 Å². The predicted octanol–water partition coefficient (Wildman–Crippen LogP) is 1.40. The van der Waals surface area contributed by atoms with Crippen LogP contribution in [0, 0.1) is 5.92 Å². The number of hydrogen-bond donors (Lipinski definition) is 1. The number of hydrogen-bond acceptors (Lipinski definition) is 5. The molecule has 21 heavy (non-hydrogen) atoms. The van der Waals surface area contributed by atoms with E-state index in [9.17, 15) is 9.90 Å². The van der Waals surface area contributed by atoms with Crippen LogP contribution in [0.1, 0.15) is 18.9 Å². The van der Waals surface area contributed by atoms with E-state index in [0.717, 1.165) is 18.5 Å². The highest BCUT2D eigenvalue weighted by Crippen LogP contribution is 2.22. The van der Waals surface area contributed by atoms with Crippen LogP contribution in [0.5, 0.6) is 5.88 Å². The van der Waals surface area contributed by atoms with E-state index in [1.165, 1.54) is 0 Å². The lowest BCUT2D eigenvalue weighted by atomic mass is 10.0. The molecule has 1 aliphatic rings. The minimum absolute atomic E-state index is 0.0791. The smallest absolute Gasteiger partial charge is 0.310 e. The third-order valence-electron chi connectivity index (χ3n) is 3.74. The highest BCUT2D eigenvalue weighted by atomic mass is 16.5. The maximum Gasteiger partial charge on any atom is 0.310 e. The Balaban J connectivity index is 2.08. The van der Waals surface area contributed by atoms with Gasteiger partial charge in [-0.25, -0.2) is 4.98 Å². The SMILES string of the molecule is CCCN(Cc1ccc(OC)nc1)C1COCC1C(=O)O. The number of carboxylic acid groups (broad SMARTS) is 1. The summed E-state index contributed by atoms with van der Waals surface area (Å²) in [5, 5.41) is 9.30. The van der Waals surface area contributed by atoms with Gasteiger partial charge in [0, 0.05) is 24.8 Å². The maximum absolute atomic E-state index is 11.3. The van der Waals surface area contributed by atoms with E-state index in [2.05, 4.69) is 16.8 Å². The molecule has 1 aliphatic heterocycles. The van der Waals surface area contributed by atoms with E-state index in [0.29, 0.717) is 25.6 Å². The lowest BCUT2D eigenvalue weighted by Gasteiger charge is -2.30. The molecule has 1 aromatic heterocycles. The first-order chi connectivity index (χ1) is 10.2. The third-order valence-corrected chi connectivity index (χ3v) is 3.74. The van der Waals surface area contributed by atoms with Crippen molar-refractivity contribution >= 4 is 5.97 Å². The molecule has 6 nitrogen and oxygen atoms in total. The number of ether oxygens (including phenoxy) is 2. The molecule has 0 aliphatic carbocycles. The van der Waals surface area contributed by atoms with Gasteiger partial charge in [-0.2, -0.15) is 0 Å². The molecule has 2 atom stereocenters. The molecule has 2 unspecified atom stereocenters. The van der Waals surface area contributed by atoms with Gasteiger partial charge in [0.05, 0.1) is 26.2 Å². The van der Waals surface area contributed by atoms with E-state index in [4.69, 9.17) is 9.47 Å². The van der Waals surface area contributed by atoms with Gasteiger partial charge in [-0.05, 0) is 18.5 Å². The molecule has 1 aromatic rings. The molecule has 0 saturated carbocycles. The molecule has 0 amide bonds. The minimum Gasteiger partial charge on any atom is -0.481 e. The van der Waals surface area contributed by atoms with Crippen molar-refractivity contribution in [2.24, 2.45) is 5.92 Å². The van der Waals surface area contributed by atoms with E-state index in [1.54, 1.807) is 13.3 Å². The molecule has 0 bridgehead atoms. The van der Waals surface area contributed by atoms with Gasteiger partial charge in [-0.15, -0.1) is 0 Å². The molecule has 2 rings (SSSR count). The number of aliphatic carboxylic acids is 1. The quantitative estimate of drug-likeness (QED) is 0.819. The summed E-state index contributed by atoms with van der Waals surface area (Å²) in [6.45, 7) is 4.36. The van der Waals surface area contributed by atoms with Gasteiger partial charge in [0.2, 0.25) is 5.88 Å². The number of pyridine rings is 1. The Bertz CT molecular complexity index is 463. The molecule has 2 heterocycles. The summed E-state index contributed by atoms with van der Waals surface area (Å²) in [6, 6.07) is 3.70. The molecule has 116 valence electrons. The van der Waals surface area contributed by atoms with Gasteiger partial charge in [0.15, 0.2) is 0 Å². The fourth-order valence-corrected chi connectivity index (χ4v) is 2.65. The first-order valence-electron chi connectivity index (χ1n) is 7.19. The van der Waals surface area contributed by atoms with Gasteiger partial charge in [0.25, 0.3) is 0 Å². The second-order valence-electron chi connectivity index (χ2n) is 5.23. The predicted molar refractivity (Wildman–Crippen MR) is 77.2 cm³/mol. The van der Waals surface area contributed by atoms with Crippen molar-refractivity contribution in [3.05, 3.63) is 23.9 Å². The van der Waals surface area contributed by atoms with E-state index in [1.807, 2.05) is 12.1 Å². The van der Waals surface area contributed by atoms with E-state index in [-0.39, 0.29) is 6.04 Å². The Hall–Kier alpha value is -1.66. The van der Waals surface area contributed by atoms with Gasteiger partial charge in [-0.1, -0.05) is 13.0 Å². The minimum atomic E-state index is -0.786.